The van der Waals surface area contributed by atoms with Crippen molar-refractivity contribution in [3.8, 4) is 5.75 Å². The van der Waals surface area contributed by atoms with E-state index in [4.69, 9.17) is 9.47 Å². The van der Waals surface area contributed by atoms with E-state index in [0.717, 1.165) is 16.8 Å². The lowest BCUT2D eigenvalue weighted by Crippen LogP contribution is -2.23. The highest BCUT2D eigenvalue weighted by atomic mass is 16.7. The third-order valence-corrected chi connectivity index (χ3v) is 2.62. The number of aryl methyl sites for hydroxylation is 1. The number of phenols is 1. The second-order valence-corrected chi connectivity index (χ2v) is 3.69. The number of nitrogens with one attached hydrogen (secondary N) is 1. The highest BCUT2D eigenvalue weighted by Gasteiger charge is 2.08. The summed E-state index contributed by atoms with van der Waals surface area (Å²) in [7, 11) is 3.19. The topological polar surface area (TPSA) is 50.7 Å². The van der Waals surface area contributed by atoms with Crippen molar-refractivity contribution in [2.24, 2.45) is 0 Å². The molecule has 0 saturated heterocycles. The van der Waals surface area contributed by atoms with E-state index < -0.39 is 0 Å². The Labute approximate surface area is 96.2 Å². The van der Waals surface area contributed by atoms with Gasteiger partial charge in [0, 0.05) is 25.5 Å². The maximum Gasteiger partial charge on any atom is 0.173 e. The van der Waals surface area contributed by atoms with Gasteiger partial charge in [0.25, 0.3) is 0 Å². The molecule has 16 heavy (non-hydrogen) atoms. The van der Waals surface area contributed by atoms with Gasteiger partial charge in [0.15, 0.2) is 6.29 Å². The minimum atomic E-state index is -0.289. The van der Waals surface area contributed by atoms with Gasteiger partial charge >= 0.3 is 0 Å². The second kappa shape index (κ2) is 5.72. The van der Waals surface area contributed by atoms with Crippen LogP contribution >= 0.6 is 0 Å². The molecule has 0 radical (unpaired) electrons. The number of hydrogen-bond acceptors (Lipinski definition) is 4. The molecule has 0 fully saturated rings. The summed E-state index contributed by atoms with van der Waals surface area (Å²) in [6.07, 6.45) is -0.289. The van der Waals surface area contributed by atoms with Crippen LogP contribution in [0.2, 0.25) is 0 Å². The number of ether oxygens (including phenoxy) is 2. The average Bonchev–Trinajstić information content (AvgIpc) is 2.30. The third-order valence-electron chi connectivity index (χ3n) is 2.62. The quantitative estimate of drug-likeness (QED) is 0.753. The first-order valence-corrected chi connectivity index (χ1v) is 5.18. The fourth-order valence-corrected chi connectivity index (χ4v) is 1.48. The first-order chi connectivity index (χ1) is 7.60. The van der Waals surface area contributed by atoms with E-state index >= 15 is 0 Å². The molecule has 1 rings (SSSR count). The summed E-state index contributed by atoms with van der Waals surface area (Å²) in [4.78, 5) is 0. The lowest BCUT2D eigenvalue weighted by atomic mass is 10.1. The number of hydrogen-bond donors (Lipinski definition) is 2. The van der Waals surface area contributed by atoms with Crippen LogP contribution in [0.1, 0.15) is 11.1 Å². The summed E-state index contributed by atoms with van der Waals surface area (Å²) in [6, 6.07) is 3.81. The number of methoxy groups -OCH3 is 2. The molecule has 0 atom stereocenters. The fraction of sp³-hybridized carbons (Fsp3) is 0.500. The van der Waals surface area contributed by atoms with Crippen LogP contribution in [0.4, 0.5) is 5.69 Å². The molecule has 0 saturated carbocycles. The molecule has 0 heterocycles. The van der Waals surface area contributed by atoms with Gasteiger partial charge in [-0.1, -0.05) is 6.07 Å². The van der Waals surface area contributed by atoms with Crippen molar-refractivity contribution >= 4 is 5.69 Å². The summed E-state index contributed by atoms with van der Waals surface area (Å²) in [5.41, 5.74) is 2.60. The van der Waals surface area contributed by atoms with Crippen LogP contribution in [-0.4, -0.2) is 32.2 Å². The van der Waals surface area contributed by atoms with E-state index in [1.165, 1.54) is 0 Å². The highest BCUT2D eigenvalue weighted by Crippen LogP contribution is 2.27. The van der Waals surface area contributed by atoms with Crippen molar-refractivity contribution in [2.45, 2.75) is 20.1 Å². The van der Waals surface area contributed by atoms with Crippen molar-refractivity contribution in [3.63, 3.8) is 0 Å². The molecule has 0 aliphatic carbocycles. The van der Waals surface area contributed by atoms with Gasteiger partial charge in [0.2, 0.25) is 0 Å². The number of phenolic OH excluding ortho intramolecular Hbond substituents is 1. The molecule has 90 valence electrons. The first kappa shape index (κ1) is 12.8. The lowest BCUT2D eigenvalue weighted by molar-refractivity contribution is -0.0914. The normalized spacial score (nSPS) is 10.8. The monoisotopic (exact) mass is 225 g/mol. The number of anilines is 1. The maximum absolute atomic E-state index is 9.76. The number of rotatable bonds is 5. The van der Waals surface area contributed by atoms with Crippen molar-refractivity contribution in [3.05, 3.63) is 23.3 Å². The predicted molar refractivity (Wildman–Crippen MR) is 63.9 cm³/mol. The predicted octanol–water partition coefficient (Wildman–Crippen LogP) is 2.04. The Hall–Kier alpha value is -1.26. The van der Waals surface area contributed by atoms with Gasteiger partial charge in [-0.25, -0.2) is 0 Å². The molecular weight excluding hydrogens is 206 g/mol. The summed E-state index contributed by atoms with van der Waals surface area (Å²) >= 11 is 0. The zero-order valence-electron chi connectivity index (χ0n) is 10.2. The maximum atomic E-state index is 9.76. The van der Waals surface area contributed by atoms with Gasteiger partial charge in [0.1, 0.15) is 5.75 Å². The Balaban J connectivity index is 2.71. The Morgan fingerprint density at radius 2 is 1.88 bits per heavy atom. The van der Waals surface area contributed by atoms with Crippen molar-refractivity contribution < 1.29 is 14.6 Å². The molecule has 0 unspecified atom stereocenters. The summed E-state index contributed by atoms with van der Waals surface area (Å²) in [6.45, 7) is 4.29. The van der Waals surface area contributed by atoms with E-state index in [0.29, 0.717) is 12.3 Å². The van der Waals surface area contributed by atoms with Gasteiger partial charge in [-0.3, -0.25) is 0 Å². The van der Waals surface area contributed by atoms with Crippen LogP contribution in [0.5, 0.6) is 5.75 Å². The van der Waals surface area contributed by atoms with E-state index in [9.17, 15) is 5.11 Å². The van der Waals surface area contributed by atoms with Gasteiger partial charge in [-0.2, -0.15) is 0 Å². The molecule has 1 aromatic carbocycles. The van der Waals surface area contributed by atoms with Gasteiger partial charge in [0.05, 0.1) is 6.54 Å². The molecule has 0 amide bonds. The molecule has 0 aliphatic heterocycles. The van der Waals surface area contributed by atoms with Crippen molar-refractivity contribution in [1.29, 1.82) is 0 Å². The molecule has 0 aliphatic rings. The smallest absolute Gasteiger partial charge is 0.173 e. The van der Waals surface area contributed by atoms with Crippen LogP contribution < -0.4 is 5.32 Å². The van der Waals surface area contributed by atoms with Gasteiger partial charge in [-0.05, 0) is 25.5 Å². The standard InChI is InChI=1S/C12H19NO3/c1-8-5-6-10(9(2)12(8)14)13-7-11(15-3)16-4/h5-6,11,13-14H,7H2,1-4H3. The van der Waals surface area contributed by atoms with Crippen LogP contribution in [0.15, 0.2) is 12.1 Å². The zero-order chi connectivity index (χ0) is 12.1. The highest BCUT2D eigenvalue weighted by molar-refractivity contribution is 5.59. The van der Waals surface area contributed by atoms with Gasteiger partial charge < -0.3 is 19.9 Å². The Kier molecular flexibility index (Phi) is 4.58. The zero-order valence-corrected chi connectivity index (χ0v) is 10.2. The largest absolute Gasteiger partial charge is 0.507 e. The lowest BCUT2D eigenvalue weighted by Gasteiger charge is -2.17. The van der Waals surface area contributed by atoms with Crippen LogP contribution in [-0.2, 0) is 9.47 Å². The van der Waals surface area contributed by atoms with Crippen LogP contribution in [0.25, 0.3) is 0 Å². The SMILES string of the molecule is COC(CNc1ccc(C)c(O)c1C)OC. The average molecular weight is 225 g/mol. The Morgan fingerprint density at radius 1 is 1.25 bits per heavy atom. The number of benzene rings is 1. The summed E-state index contributed by atoms with van der Waals surface area (Å²) in [5.74, 6) is 0.330. The van der Waals surface area contributed by atoms with E-state index in [1.54, 1.807) is 14.2 Å². The van der Waals surface area contributed by atoms with E-state index in [2.05, 4.69) is 5.32 Å². The van der Waals surface area contributed by atoms with Gasteiger partial charge in [-0.15, -0.1) is 0 Å². The van der Waals surface area contributed by atoms with Crippen molar-refractivity contribution in [1.82, 2.24) is 0 Å². The number of aromatic hydroxyl groups is 1. The Morgan fingerprint density at radius 3 is 2.44 bits per heavy atom. The summed E-state index contributed by atoms with van der Waals surface area (Å²) < 4.78 is 10.1. The summed E-state index contributed by atoms with van der Waals surface area (Å²) in [5, 5.41) is 12.9. The molecule has 0 spiro atoms. The van der Waals surface area contributed by atoms with Crippen LogP contribution in [0.3, 0.4) is 0 Å². The molecule has 2 N–H and O–H groups in total. The molecule has 0 bridgehead atoms. The molecule has 1 aromatic rings. The first-order valence-electron chi connectivity index (χ1n) is 5.18. The fourth-order valence-electron chi connectivity index (χ4n) is 1.48. The van der Waals surface area contributed by atoms with Crippen LogP contribution in [0, 0.1) is 13.8 Å². The minimum absolute atomic E-state index is 0.289. The molecular formula is C12H19NO3. The third kappa shape index (κ3) is 2.87. The van der Waals surface area contributed by atoms with E-state index in [-0.39, 0.29) is 6.29 Å². The molecule has 4 nitrogen and oxygen atoms in total. The van der Waals surface area contributed by atoms with E-state index in [1.807, 2.05) is 26.0 Å². The Bertz CT molecular complexity index is 348. The minimum Gasteiger partial charge on any atom is -0.507 e. The second-order valence-electron chi connectivity index (χ2n) is 3.69. The molecule has 4 heteroatoms. The van der Waals surface area contributed by atoms with Crippen molar-refractivity contribution in [2.75, 3.05) is 26.1 Å². The molecule has 0 aromatic heterocycles.